The van der Waals surface area contributed by atoms with Gasteiger partial charge in [0.05, 0.1) is 0 Å². The molecule has 150 valence electrons. The van der Waals surface area contributed by atoms with E-state index < -0.39 is 0 Å². The van der Waals surface area contributed by atoms with Gasteiger partial charge in [0.2, 0.25) is 0 Å². The molecule has 0 aliphatic heterocycles. The Labute approximate surface area is 165 Å². The van der Waals surface area contributed by atoms with Gasteiger partial charge in [0, 0.05) is 6.54 Å². The Bertz CT molecular complexity index is 355. The van der Waals surface area contributed by atoms with Crippen LogP contribution in [0.3, 0.4) is 0 Å². The van der Waals surface area contributed by atoms with Crippen LogP contribution in [0.4, 0.5) is 0 Å². The van der Waals surface area contributed by atoms with Crippen molar-refractivity contribution in [2.24, 2.45) is 5.73 Å². The molecule has 0 aromatic heterocycles. The fourth-order valence-electron chi connectivity index (χ4n) is 1.98. The zero-order valence-electron chi connectivity index (χ0n) is 17.4. The van der Waals surface area contributed by atoms with Crippen LogP contribution in [-0.4, -0.2) is 6.26 Å². The first-order valence-corrected chi connectivity index (χ1v) is 10.5. The summed E-state index contributed by atoms with van der Waals surface area (Å²) in [5.74, 6) is 0. The Kier molecular flexibility index (Phi) is 35.9. The Balaban J connectivity index is -0.000000143. The topological polar surface area (TPSA) is 26.0 Å². The van der Waals surface area contributed by atoms with E-state index >= 15 is 0 Å². The number of unbranched alkanes of at least 4 members (excludes halogenated alkanes) is 2. The van der Waals surface area contributed by atoms with E-state index in [4.69, 9.17) is 5.73 Å². The first kappa shape index (κ1) is 32.0. The lowest BCUT2D eigenvalue weighted by atomic mass is 10.1. The maximum absolute atomic E-state index is 5.40. The molecule has 0 saturated carbocycles. The van der Waals surface area contributed by atoms with Crippen molar-refractivity contribution in [3.05, 3.63) is 47.0 Å². The van der Waals surface area contributed by atoms with E-state index in [-0.39, 0.29) is 7.43 Å². The summed E-state index contributed by atoms with van der Waals surface area (Å²) in [6.07, 6.45) is 11.9. The van der Waals surface area contributed by atoms with Gasteiger partial charge in [0.1, 0.15) is 0 Å². The molecule has 1 aromatic rings. The van der Waals surface area contributed by atoms with E-state index in [0.29, 0.717) is 6.54 Å². The average Bonchev–Trinajstić information content (AvgIpc) is 2.65. The van der Waals surface area contributed by atoms with Crippen LogP contribution >= 0.6 is 12.6 Å². The van der Waals surface area contributed by atoms with Crippen molar-refractivity contribution in [1.82, 2.24) is 0 Å². The summed E-state index contributed by atoms with van der Waals surface area (Å²) in [5, 5.41) is 0. The number of thiol groups is 1. The van der Waals surface area contributed by atoms with E-state index in [0.717, 1.165) is 0 Å². The molecule has 1 aromatic carbocycles. The molecule has 2 N–H and O–H groups in total. The third kappa shape index (κ3) is 23.3. The fourth-order valence-corrected chi connectivity index (χ4v) is 1.98. The number of aryl methyl sites for hydroxylation is 1. The highest BCUT2D eigenvalue weighted by Gasteiger charge is 1.90. The van der Waals surface area contributed by atoms with Crippen molar-refractivity contribution < 1.29 is 0 Å². The molecule has 0 radical (unpaired) electrons. The molecule has 0 aliphatic rings. The van der Waals surface area contributed by atoms with E-state index in [1.807, 2.05) is 13.8 Å². The summed E-state index contributed by atoms with van der Waals surface area (Å²) in [4.78, 5) is 0. The molecule has 1 nitrogen and oxygen atoms in total. The van der Waals surface area contributed by atoms with Crippen molar-refractivity contribution in [2.45, 2.75) is 94.0 Å². The van der Waals surface area contributed by atoms with E-state index in [2.05, 4.69) is 70.7 Å². The quantitative estimate of drug-likeness (QED) is 0.284. The van der Waals surface area contributed by atoms with Crippen LogP contribution in [0, 0.1) is 6.92 Å². The molecular weight excluding hydrogens is 322 g/mol. The van der Waals surface area contributed by atoms with Crippen LogP contribution in [0.25, 0.3) is 0 Å². The molecule has 0 bridgehead atoms. The lowest BCUT2D eigenvalue weighted by molar-refractivity contribution is 0.788. The van der Waals surface area contributed by atoms with Crippen LogP contribution in [0.2, 0.25) is 0 Å². The largest absolute Gasteiger partial charge is 0.326 e. The molecule has 1 rings (SSSR count). The molecule has 25 heavy (non-hydrogen) atoms. The number of hydrogen-bond donors (Lipinski definition) is 2. The molecule has 0 spiro atoms. The number of nitrogens with two attached hydrogens (primary N) is 1. The average molecular weight is 370 g/mol. The Hall–Kier alpha value is -0.730. The number of rotatable bonds is 7. The monoisotopic (exact) mass is 369 g/mol. The zero-order valence-corrected chi connectivity index (χ0v) is 18.3. The van der Waals surface area contributed by atoms with Crippen LogP contribution in [0.1, 0.15) is 91.7 Å². The number of allylic oxidation sites excluding steroid dienone is 2. The summed E-state index contributed by atoms with van der Waals surface area (Å²) in [6, 6.07) is 8.25. The van der Waals surface area contributed by atoms with Crippen LogP contribution < -0.4 is 5.73 Å². The Morgan fingerprint density at radius 2 is 1.52 bits per heavy atom. The van der Waals surface area contributed by atoms with Crippen molar-refractivity contribution in [2.75, 3.05) is 6.26 Å². The van der Waals surface area contributed by atoms with Gasteiger partial charge in [0.25, 0.3) is 0 Å². The molecule has 0 saturated heterocycles. The third-order valence-corrected chi connectivity index (χ3v) is 3.37. The standard InChI is InChI=1S/C11H22.C8H11N.C2H6.CH4S.CH4/c1-4-7-8-10-11(6-3)9-5-2;1-7-2-4-8(6-9)5-3-7;2*1-2;/h10H,4-9H2,1-3H3;2-5H,6,9H2,1H3;1-2H3;2H,1H3;1H4/b11-10-;;;;. The van der Waals surface area contributed by atoms with E-state index in [9.17, 15) is 0 Å². The highest BCUT2D eigenvalue weighted by Crippen LogP contribution is 2.11. The van der Waals surface area contributed by atoms with Crippen LogP contribution in [-0.2, 0) is 6.54 Å². The van der Waals surface area contributed by atoms with Gasteiger partial charge in [-0.15, -0.1) is 0 Å². The lowest BCUT2D eigenvalue weighted by Gasteiger charge is -2.01. The summed E-state index contributed by atoms with van der Waals surface area (Å²) < 4.78 is 0. The van der Waals surface area contributed by atoms with Crippen LogP contribution in [0.15, 0.2) is 35.9 Å². The van der Waals surface area contributed by atoms with Gasteiger partial charge >= 0.3 is 0 Å². The van der Waals surface area contributed by atoms with Gasteiger partial charge in [-0.3, -0.25) is 0 Å². The second-order valence-electron chi connectivity index (χ2n) is 5.30. The van der Waals surface area contributed by atoms with Crippen molar-refractivity contribution >= 4 is 12.6 Å². The predicted octanol–water partition coefficient (Wildman–Crippen LogP) is 7.98. The van der Waals surface area contributed by atoms with Gasteiger partial charge in [-0.2, -0.15) is 12.6 Å². The smallest absolute Gasteiger partial charge is 0.0178 e. The molecule has 2 heteroatoms. The van der Waals surface area contributed by atoms with Crippen molar-refractivity contribution in [3.8, 4) is 0 Å². The number of hydrogen-bond acceptors (Lipinski definition) is 2. The fraction of sp³-hybridized carbons (Fsp3) is 0.652. The summed E-state index contributed by atoms with van der Waals surface area (Å²) >= 11 is 3.53. The molecule has 0 aliphatic carbocycles. The molecule has 0 unspecified atom stereocenters. The second kappa shape index (κ2) is 28.1. The van der Waals surface area contributed by atoms with Crippen molar-refractivity contribution in [3.63, 3.8) is 0 Å². The highest BCUT2D eigenvalue weighted by atomic mass is 32.1. The first-order chi connectivity index (χ1) is 11.7. The second-order valence-corrected chi connectivity index (χ2v) is 5.30. The highest BCUT2D eigenvalue weighted by molar-refractivity contribution is 7.79. The van der Waals surface area contributed by atoms with Gasteiger partial charge < -0.3 is 5.73 Å². The van der Waals surface area contributed by atoms with E-state index in [1.165, 1.54) is 49.7 Å². The van der Waals surface area contributed by atoms with Gasteiger partial charge in [-0.25, -0.2) is 0 Å². The minimum Gasteiger partial charge on any atom is -0.326 e. The Morgan fingerprint density at radius 3 is 1.88 bits per heavy atom. The minimum absolute atomic E-state index is 0. The lowest BCUT2D eigenvalue weighted by Crippen LogP contribution is -1.94. The molecule has 0 atom stereocenters. The molecule has 0 fully saturated rings. The predicted molar refractivity (Wildman–Crippen MR) is 125 cm³/mol. The SMILES string of the molecule is C.CC.CCCC/C=C(/CC)CCC.CS.Cc1ccc(CN)cc1. The summed E-state index contributed by atoms with van der Waals surface area (Å²) in [6.45, 7) is 13.5. The Morgan fingerprint density at radius 1 is 1.00 bits per heavy atom. The van der Waals surface area contributed by atoms with Crippen molar-refractivity contribution in [1.29, 1.82) is 0 Å². The van der Waals surface area contributed by atoms with E-state index in [1.54, 1.807) is 11.8 Å². The molecule has 0 amide bonds. The summed E-state index contributed by atoms with van der Waals surface area (Å²) in [7, 11) is 0. The maximum atomic E-state index is 5.40. The third-order valence-electron chi connectivity index (χ3n) is 3.37. The minimum atomic E-state index is 0. The van der Waals surface area contributed by atoms with Gasteiger partial charge in [-0.05, 0) is 38.0 Å². The zero-order chi connectivity index (χ0) is 19.2. The van der Waals surface area contributed by atoms with Crippen LogP contribution in [0.5, 0.6) is 0 Å². The first-order valence-electron chi connectivity index (χ1n) is 9.56. The summed E-state index contributed by atoms with van der Waals surface area (Å²) in [5.41, 5.74) is 9.53. The molecular formula is C23H47NS. The number of benzene rings is 1. The normalized spacial score (nSPS) is 9.24. The molecule has 0 heterocycles. The van der Waals surface area contributed by atoms with Gasteiger partial charge in [0.15, 0.2) is 0 Å². The van der Waals surface area contributed by atoms with Gasteiger partial charge in [-0.1, -0.05) is 103 Å². The maximum Gasteiger partial charge on any atom is 0.0178 e.